The first-order valence-electron chi connectivity index (χ1n) is 6.20. The van der Waals surface area contributed by atoms with E-state index in [0.717, 1.165) is 5.69 Å². The number of para-hydroxylation sites is 1. The van der Waals surface area contributed by atoms with Gasteiger partial charge in [0.15, 0.2) is 0 Å². The van der Waals surface area contributed by atoms with E-state index in [1.165, 1.54) is 12.3 Å². The number of aromatic nitrogens is 1. The molecule has 1 aromatic heterocycles. The summed E-state index contributed by atoms with van der Waals surface area (Å²) in [6.07, 6.45) is 1.44. The van der Waals surface area contributed by atoms with Gasteiger partial charge in [-0.15, -0.1) is 0 Å². The maximum absolute atomic E-state index is 12.6. The summed E-state index contributed by atoms with van der Waals surface area (Å²) in [5.74, 6) is -0.155. The summed E-state index contributed by atoms with van der Waals surface area (Å²) < 4.78 is 0. The highest BCUT2D eigenvalue weighted by Crippen LogP contribution is 2.23. The SMILES string of the molecule is CC(C)N(C(=O)c1cnc(Cl)c(Cl)c1)c1ccccc1. The Morgan fingerprint density at radius 3 is 2.40 bits per heavy atom. The molecule has 0 spiro atoms. The molecule has 0 atom stereocenters. The number of hydrogen-bond donors (Lipinski definition) is 0. The minimum atomic E-state index is -0.155. The van der Waals surface area contributed by atoms with Gasteiger partial charge >= 0.3 is 0 Å². The highest BCUT2D eigenvalue weighted by molar-refractivity contribution is 6.41. The van der Waals surface area contributed by atoms with Crippen LogP contribution in [0.4, 0.5) is 5.69 Å². The van der Waals surface area contributed by atoms with Gasteiger partial charge in [-0.1, -0.05) is 41.4 Å². The number of nitrogens with zero attached hydrogens (tertiary/aromatic N) is 2. The predicted molar refractivity (Wildman–Crippen MR) is 82.6 cm³/mol. The third kappa shape index (κ3) is 3.11. The molecule has 2 aromatic rings. The fraction of sp³-hybridized carbons (Fsp3) is 0.200. The fourth-order valence-corrected chi connectivity index (χ4v) is 2.19. The van der Waals surface area contributed by atoms with Crippen LogP contribution in [0.25, 0.3) is 0 Å². The summed E-state index contributed by atoms with van der Waals surface area (Å²) in [6, 6.07) is 11.0. The molecule has 104 valence electrons. The Hall–Kier alpha value is -1.58. The molecular weight excluding hydrogens is 295 g/mol. The number of carbonyl (C=O) groups excluding carboxylic acids is 1. The lowest BCUT2D eigenvalue weighted by molar-refractivity contribution is 0.0980. The van der Waals surface area contributed by atoms with E-state index in [9.17, 15) is 4.79 Å². The number of rotatable bonds is 3. The molecule has 0 saturated carbocycles. The van der Waals surface area contributed by atoms with Crippen molar-refractivity contribution in [3.8, 4) is 0 Å². The summed E-state index contributed by atoms with van der Waals surface area (Å²) in [7, 11) is 0. The highest BCUT2D eigenvalue weighted by atomic mass is 35.5. The molecule has 1 heterocycles. The minimum Gasteiger partial charge on any atom is -0.306 e. The van der Waals surface area contributed by atoms with E-state index < -0.39 is 0 Å². The molecule has 0 bridgehead atoms. The van der Waals surface area contributed by atoms with Gasteiger partial charge < -0.3 is 4.90 Å². The number of hydrogen-bond acceptors (Lipinski definition) is 2. The molecule has 0 radical (unpaired) electrons. The first-order valence-corrected chi connectivity index (χ1v) is 6.96. The zero-order chi connectivity index (χ0) is 14.7. The van der Waals surface area contributed by atoms with Crippen molar-refractivity contribution in [3.63, 3.8) is 0 Å². The summed E-state index contributed by atoms with van der Waals surface area (Å²) in [4.78, 5) is 18.3. The summed E-state index contributed by atoms with van der Waals surface area (Å²) >= 11 is 11.7. The van der Waals surface area contributed by atoms with Gasteiger partial charge in [0, 0.05) is 17.9 Å². The van der Waals surface area contributed by atoms with E-state index in [2.05, 4.69) is 4.98 Å². The van der Waals surface area contributed by atoms with Crippen LogP contribution in [-0.2, 0) is 0 Å². The second-order valence-corrected chi connectivity index (χ2v) is 5.37. The molecule has 0 unspecified atom stereocenters. The third-order valence-corrected chi connectivity index (χ3v) is 3.50. The van der Waals surface area contributed by atoms with Crippen molar-refractivity contribution in [1.82, 2.24) is 4.98 Å². The molecule has 5 heteroatoms. The van der Waals surface area contributed by atoms with E-state index in [4.69, 9.17) is 23.2 Å². The van der Waals surface area contributed by atoms with Crippen molar-refractivity contribution in [2.75, 3.05) is 4.90 Å². The highest BCUT2D eigenvalue weighted by Gasteiger charge is 2.21. The topological polar surface area (TPSA) is 33.2 Å². The Bertz CT molecular complexity index is 615. The van der Waals surface area contributed by atoms with Crippen molar-refractivity contribution in [2.45, 2.75) is 19.9 Å². The smallest absolute Gasteiger partial charge is 0.260 e. The number of amides is 1. The number of halogens is 2. The molecule has 1 amide bonds. The first-order chi connectivity index (χ1) is 9.50. The molecular formula is C15H14Cl2N2O. The second-order valence-electron chi connectivity index (χ2n) is 4.60. The molecule has 0 aliphatic carbocycles. The lowest BCUT2D eigenvalue weighted by Crippen LogP contribution is -2.37. The zero-order valence-electron chi connectivity index (χ0n) is 11.2. The van der Waals surface area contributed by atoms with Crippen LogP contribution in [-0.4, -0.2) is 16.9 Å². The average Bonchev–Trinajstić information content (AvgIpc) is 2.42. The van der Waals surface area contributed by atoms with Crippen LogP contribution in [0.5, 0.6) is 0 Å². The Morgan fingerprint density at radius 2 is 1.85 bits per heavy atom. The van der Waals surface area contributed by atoms with Gasteiger partial charge in [-0.25, -0.2) is 4.98 Å². The number of pyridine rings is 1. The molecule has 0 N–H and O–H groups in total. The van der Waals surface area contributed by atoms with E-state index in [1.807, 2.05) is 44.2 Å². The van der Waals surface area contributed by atoms with Gasteiger partial charge in [0.05, 0.1) is 10.6 Å². The van der Waals surface area contributed by atoms with Crippen LogP contribution in [0.15, 0.2) is 42.6 Å². The molecule has 0 aliphatic rings. The maximum Gasteiger partial charge on any atom is 0.260 e. The lowest BCUT2D eigenvalue weighted by Gasteiger charge is -2.27. The quantitative estimate of drug-likeness (QED) is 0.785. The van der Waals surface area contributed by atoms with Gasteiger partial charge in [-0.05, 0) is 32.0 Å². The standard InChI is InChI=1S/C15H14Cl2N2O/c1-10(2)19(12-6-4-3-5-7-12)15(20)11-8-13(16)14(17)18-9-11/h3-10H,1-2H3. The maximum atomic E-state index is 12.6. The van der Waals surface area contributed by atoms with E-state index in [0.29, 0.717) is 5.56 Å². The van der Waals surface area contributed by atoms with Gasteiger partial charge in [-0.2, -0.15) is 0 Å². The molecule has 2 rings (SSSR count). The van der Waals surface area contributed by atoms with Crippen molar-refractivity contribution < 1.29 is 4.79 Å². The first kappa shape index (κ1) is 14.8. The van der Waals surface area contributed by atoms with E-state index in [1.54, 1.807) is 4.90 Å². The van der Waals surface area contributed by atoms with Crippen LogP contribution in [0.2, 0.25) is 10.2 Å². The molecule has 20 heavy (non-hydrogen) atoms. The largest absolute Gasteiger partial charge is 0.306 e. The molecule has 0 saturated heterocycles. The summed E-state index contributed by atoms with van der Waals surface area (Å²) in [6.45, 7) is 3.91. The van der Waals surface area contributed by atoms with Crippen LogP contribution in [0.3, 0.4) is 0 Å². The van der Waals surface area contributed by atoms with Crippen molar-refractivity contribution >= 4 is 34.8 Å². The van der Waals surface area contributed by atoms with E-state index >= 15 is 0 Å². The molecule has 1 aromatic carbocycles. The molecule has 3 nitrogen and oxygen atoms in total. The summed E-state index contributed by atoms with van der Waals surface area (Å²) in [5.41, 5.74) is 1.25. The van der Waals surface area contributed by atoms with Gasteiger partial charge in [-0.3, -0.25) is 4.79 Å². The second kappa shape index (κ2) is 6.25. The van der Waals surface area contributed by atoms with Gasteiger partial charge in [0.1, 0.15) is 5.15 Å². The monoisotopic (exact) mass is 308 g/mol. The van der Waals surface area contributed by atoms with Crippen molar-refractivity contribution in [3.05, 3.63) is 58.3 Å². The Kier molecular flexibility index (Phi) is 4.63. The van der Waals surface area contributed by atoms with E-state index in [-0.39, 0.29) is 22.1 Å². The summed E-state index contributed by atoms with van der Waals surface area (Å²) in [5, 5.41) is 0.466. The molecule has 0 aliphatic heterocycles. The normalized spacial score (nSPS) is 10.7. The van der Waals surface area contributed by atoms with Crippen LogP contribution >= 0.6 is 23.2 Å². The van der Waals surface area contributed by atoms with Gasteiger partial charge in [0.25, 0.3) is 5.91 Å². The van der Waals surface area contributed by atoms with Crippen molar-refractivity contribution in [2.24, 2.45) is 0 Å². The van der Waals surface area contributed by atoms with Crippen LogP contribution < -0.4 is 4.90 Å². The number of anilines is 1. The molecule has 0 fully saturated rings. The minimum absolute atomic E-state index is 0.0133. The number of benzene rings is 1. The average molecular weight is 309 g/mol. The van der Waals surface area contributed by atoms with Gasteiger partial charge in [0.2, 0.25) is 0 Å². The predicted octanol–water partition coefficient (Wildman–Crippen LogP) is 4.44. The fourth-order valence-electron chi connectivity index (χ4n) is 1.92. The Labute approximate surface area is 128 Å². The van der Waals surface area contributed by atoms with Crippen LogP contribution in [0.1, 0.15) is 24.2 Å². The third-order valence-electron chi connectivity index (χ3n) is 2.81. The number of carbonyl (C=O) groups is 1. The van der Waals surface area contributed by atoms with Crippen LogP contribution in [0, 0.1) is 0 Å². The Balaban J connectivity index is 2.39. The van der Waals surface area contributed by atoms with Crippen molar-refractivity contribution in [1.29, 1.82) is 0 Å². The zero-order valence-corrected chi connectivity index (χ0v) is 12.7. The lowest BCUT2D eigenvalue weighted by atomic mass is 10.1. The Morgan fingerprint density at radius 1 is 1.20 bits per heavy atom.